The van der Waals surface area contributed by atoms with Crippen molar-refractivity contribution >= 4 is 5.78 Å². The van der Waals surface area contributed by atoms with Gasteiger partial charge in [0.1, 0.15) is 18.0 Å². The zero-order valence-corrected chi connectivity index (χ0v) is 10.5. The molecule has 6 N–H and O–H groups in total. The Hall–Kier alpha value is -0.570. The minimum Gasteiger partial charge on any atom is -0.391 e. The number of carbonyl (C=O) groups is 1. The Bertz CT molecular complexity index is 230. The highest BCUT2D eigenvalue weighted by Gasteiger charge is 2.27. The van der Waals surface area contributed by atoms with Crippen molar-refractivity contribution < 1.29 is 35.4 Å². The number of carbonyl (C=O) groups excluding carboxylic acids is 1. The molecule has 0 aromatic heterocycles. The van der Waals surface area contributed by atoms with E-state index >= 15 is 0 Å². The Morgan fingerprint density at radius 2 is 1.06 bits per heavy atom. The van der Waals surface area contributed by atoms with Gasteiger partial charge in [-0.1, -0.05) is 0 Å². The summed E-state index contributed by atoms with van der Waals surface area (Å²) in [6.07, 6.45) is -9.03. The van der Waals surface area contributed by atoms with Crippen molar-refractivity contribution in [3.63, 3.8) is 0 Å². The summed E-state index contributed by atoms with van der Waals surface area (Å²) in [6.45, 7) is 2.54. The SMILES string of the molecule is CC(O)C(O)C(O)CC(=O)CC(O)C(O)C(C)O. The molecule has 108 valence electrons. The topological polar surface area (TPSA) is 138 Å². The monoisotopic (exact) mass is 266 g/mol. The van der Waals surface area contributed by atoms with E-state index in [1.54, 1.807) is 0 Å². The molecular weight excluding hydrogens is 244 g/mol. The Labute approximate surface area is 105 Å². The van der Waals surface area contributed by atoms with E-state index in [1.807, 2.05) is 0 Å². The first-order valence-electron chi connectivity index (χ1n) is 5.76. The Kier molecular flexibility index (Phi) is 7.53. The molecular formula is C11H22O7. The van der Waals surface area contributed by atoms with Crippen LogP contribution in [0, 0.1) is 0 Å². The zero-order valence-electron chi connectivity index (χ0n) is 10.5. The van der Waals surface area contributed by atoms with E-state index in [0.29, 0.717) is 0 Å². The van der Waals surface area contributed by atoms with Crippen LogP contribution in [-0.4, -0.2) is 73.0 Å². The molecule has 0 aliphatic rings. The van der Waals surface area contributed by atoms with Gasteiger partial charge in [-0.15, -0.1) is 0 Å². The highest BCUT2D eigenvalue weighted by Crippen LogP contribution is 2.10. The van der Waals surface area contributed by atoms with Crippen molar-refractivity contribution in [1.29, 1.82) is 0 Å². The van der Waals surface area contributed by atoms with Crippen molar-refractivity contribution in [2.75, 3.05) is 0 Å². The van der Waals surface area contributed by atoms with Crippen molar-refractivity contribution in [3.05, 3.63) is 0 Å². The van der Waals surface area contributed by atoms with E-state index < -0.39 is 55.2 Å². The average molecular weight is 266 g/mol. The number of aliphatic hydroxyl groups excluding tert-OH is 6. The molecule has 0 rings (SSSR count). The Morgan fingerprint density at radius 3 is 1.28 bits per heavy atom. The van der Waals surface area contributed by atoms with Crippen LogP contribution in [0.2, 0.25) is 0 Å². The lowest BCUT2D eigenvalue weighted by molar-refractivity contribution is -0.130. The molecule has 0 spiro atoms. The van der Waals surface area contributed by atoms with Crippen LogP contribution in [0.15, 0.2) is 0 Å². The minimum atomic E-state index is -1.45. The average Bonchev–Trinajstić information content (AvgIpc) is 2.25. The fraction of sp³-hybridized carbons (Fsp3) is 0.909. The fourth-order valence-electron chi connectivity index (χ4n) is 1.43. The van der Waals surface area contributed by atoms with Gasteiger partial charge in [-0.2, -0.15) is 0 Å². The lowest BCUT2D eigenvalue weighted by atomic mass is 9.98. The van der Waals surface area contributed by atoms with Gasteiger partial charge in [-0.05, 0) is 13.8 Å². The quantitative estimate of drug-likeness (QED) is 0.286. The van der Waals surface area contributed by atoms with Crippen LogP contribution in [0.25, 0.3) is 0 Å². The van der Waals surface area contributed by atoms with Crippen LogP contribution in [0.3, 0.4) is 0 Å². The summed E-state index contributed by atoms with van der Waals surface area (Å²) >= 11 is 0. The summed E-state index contributed by atoms with van der Waals surface area (Å²) in [5, 5.41) is 55.3. The Morgan fingerprint density at radius 1 is 0.778 bits per heavy atom. The molecule has 0 bridgehead atoms. The molecule has 0 saturated heterocycles. The van der Waals surface area contributed by atoms with Gasteiger partial charge in [0.15, 0.2) is 0 Å². The summed E-state index contributed by atoms with van der Waals surface area (Å²) in [5.41, 5.74) is 0. The van der Waals surface area contributed by atoms with Gasteiger partial charge in [0, 0.05) is 12.8 Å². The molecule has 0 aliphatic carbocycles. The molecule has 0 fully saturated rings. The van der Waals surface area contributed by atoms with E-state index in [0.717, 1.165) is 0 Å². The first kappa shape index (κ1) is 17.4. The first-order valence-corrected chi connectivity index (χ1v) is 5.76. The van der Waals surface area contributed by atoms with Crippen molar-refractivity contribution in [2.45, 2.75) is 63.3 Å². The maximum absolute atomic E-state index is 11.4. The molecule has 0 aromatic carbocycles. The molecule has 0 saturated carbocycles. The van der Waals surface area contributed by atoms with E-state index in [9.17, 15) is 25.2 Å². The molecule has 7 nitrogen and oxygen atoms in total. The van der Waals surface area contributed by atoms with Gasteiger partial charge in [0.05, 0.1) is 24.4 Å². The highest BCUT2D eigenvalue weighted by atomic mass is 16.4. The van der Waals surface area contributed by atoms with Crippen LogP contribution >= 0.6 is 0 Å². The number of ketones is 1. The second kappa shape index (κ2) is 7.78. The summed E-state index contributed by atoms with van der Waals surface area (Å²) in [4.78, 5) is 11.4. The van der Waals surface area contributed by atoms with E-state index in [2.05, 4.69) is 0 Å². The number of hydrogen-bond donors (Lipinski definition) is 6. The van der Waals surface area contributed by atoms with Crippen molar-refractivity contribution in [1.82, 2.24) is 0 Å². The van der Waals surface area contributed by atoms with Gasteiger partial charge >= 0.3 is 0 Å². The van der Waals surface area contributed by atoms with Gasteiger partial charge in [0.2, 0.25) is 0 Å². The Balaban J connectivity index is 4.19. The van der Waals surface area contributed by atoms with Crippen LogP contribution in [0.1, 0.15) is 26.7 Å². The van der Waals surface area contributed by atoms with Crippen molar-refractivity contribution in [3.8, 4) is 0 Å². The number of rotatable bonds is 8. The van der Waals surface area contributed by atoms with Crippen molar-refractivity contribution in [2.24, 2.45) is 0 Å². The third-order valence-corrected chi connectivity index (χ3v) is 2.65. The lowest BCUT2D eigenvalue weighted by Crippen LogP contribution is -2.39. The van der Waals surface area contributed by atoms with Gasteiger partial charge in [0.25, 0.3) is 0 Å². The molecule has 0 amide bonds. The smallest absolute Gasteiger partial charge is 0.138 e. The molecule has 0 heterocycles. The van der Waals surface area contributed by atoms with Crippen LogP contribution in [-0.2, 0) is 4.79 Å². The van der Waals surface area contributed by atoms with E-state index in [-0.39, 0.29) is 0 Å². The van der Waals surface area contributed by atoms with E-state index in [1.165, 1.54) is 13.8 Å². The van der Waals surface area contributed by atoms with E-state index in [4.69, 9.17) is 10.2 Å². The normalized spacial score (nSPS) is 21.8. The maximum Gasteiger partial charge on any atom is 0.138 e. The third-order valence-electron chi connectivity index (χ3n) is 2.65. The number of Topliss-reactive ketones (excluding diaryl/α,β-unsaturated/α-hetero) is 1. The summed E-state index contributed by atoms with van der Waals surface area (Å²) in [6, 6.07) is 0. The molecule has 0 aliphatic heterocycles. The molecule has 0 radical (unpaired) electrons. The summed E-state index contributed by atoms with van der Waals surface area (Å²) in [5.74, 6) is -0.589. The van der Waals surface area contributed by atoms with Gasteiger partial charge < -0.3 is 30.6 Å². The number of aliphatic hydroxyl groups is 6. The summed E-state index contributed by atoms with van der Waals surface area (Å²) in [7, 11) is 0. The molecule has 6 unspecified atom stereocenters. The van der Waals surface area contributed by atoms with Gasteiger partial charge in [-0.25, -0.2) is 0 Å². The fourth-order valence-corrected chi connectivity index (χ4v) is 1.43. The predicted molar refractivity (Wildman–Crippen MR) is 61.6 cm³/mol. The van der Waals surface area contributed by atoms with Gasteiger partial charge in [-0.3, -0.25) is 4.79 Å². The highest BCUT2D eigenvalue weighted by molar-refractivity contribution is 5.79. The maximum atomic E-state index is 11.4. The molecule has 0 aromatic rings. The minimum absolute atomic E-state index is 0.449. The van der Waals surface area contributed by atoms with Crippen LogP contribution in [0.4, 0.5) is 0 Å². The molecule has 6 atom stereocenters. The second-order valence-corrected chi connectivity index (χ2v) is 4.54. The number of hydrogen-bond acceptors (Lipinski definition) is 7. The lowest BCUT2D eigenvalue weighted by Gasteiger charge is -2.22. The largest absolute Gasteiger partial charge is 0.391 e. The predicted octanol–water partition coefficient (Wildman–Crippen LogP) is -2.46. The zero-order chi connectivity index (χ0) is 14.5. The molecule has 18 heavy (non-hydrogen) atoms. The first-order chi connectivity index (χ1) is 8.16. The van der Waals surface area contributed by atoms with Crippen LogP contribution < -0.4 is 0 Å². The third kappa shape index (κ3) is 5.85. The standard InChI is InChI=1S/C11H22O7/c1-5(12)10(17)8(15)3-7(14)4-9(16)11(18)6(2)13/h5-6,8-13,15-18H,3-4H2,1-2H3. The summed E-state index contributed by atoms with van der Waals surface area (Å²) < 4.78 is 0. The molecule has 7 heteroatoms. The van der Waals surface area contributed by atoms with Crippen LogP contribution in [0.5, 0.6) is 0 Å². The second-order valence-electron chi connectivity index (χ2n) is 4.54.